The van der Waals surface area contributed by atoms with Crippen molar-refractivity contribution in [1.29, 1.82) is 0 Å². The Balaban J connectivity index is 2.34. The van der Waals surface area contributed by atoms with E-state index in [1.165, 1.54) is 0 Å². The van der Waals surface area contributed by atoms with E-state index in [1.807, 2.05) is 38.1 Å². The third-order valence-electron chi connectivity index (χ3n) is 3.68. The summed E-state index contributed by atoms with van der Waals surface area (Å²) >= 11 is 0. The number of rotatable bonds is 12. The smallest absolute Gasteiger partial charge is 0.224 e. The van der Waals surface area contributed by atoms with Crippen LogP contribution < -0.4 is 16.0 Å². The summed E-state index contributed by atoms with van der Waals surface area (Å²) in [7, 11) is 3.41. The highest BCUT2D eigenvalue weighted by Crippen LogP contribution is 2.12. The zero-order chi connectivity index (χ0) is 19.9. The number of hydrogen-bond acceptors (Lipinski definition) is 4. The highest BCUT2D eigenvalue weighted by atomic mass is 16.5. The minimum absolute atomic E-state index is 0.0419. The zero-order valence-corrected chi connectivity index (χ0v) is 17.0. The lowest BCUT2D eigenvalue weighted by atomic mass is 10.1. The molecule has 0 heterocycles. The van der Waals surface area contributed by atoms with E-state index >= 15 is 0 Å². The zero-order valence-electron chi connectivity index (χ0n) is 17.0. The largest absolute Gasteiger partial charge is 0.382 e. The number of benzene rings is 1. The van der Waals surface area contributed by atoms with Crippen LogP contribution in [-0.4, -0.2) is 52.4 Å². The van der Waals surface area contributed by atoms with Gasteiger partial charge in [0.25, 0.3) is 0 Å². The van der Waals surface area contributed by atoms with Gasteiger partial charge in [-0.15, -0.1) is 0 Å². The van der Waals surface area contributed by atoms with Crippen molar-refractivity contribution in [1.82, 2.24) is 10.6 Å². The minimum Gasteiger partial charge on any atom is -0.382 e. The summed E-state index contributed by atoms with van der Waals surface area (Å²) in [5.74, 6) is 1.12. The predicted molar refractivity (Wildman–Crippen MR) is 110 cm³/mol. The first kappa shape index (κ1) is 22.9. The molecule has 0 fully saturated rings. The first-order valence-corrected chi connectivity index (χ1v) is 9.45. The van der Waals surface area contributed by atoms with E-state index in [1.54, 1.807) is 14.2 Å². The van der Waals surface area contributed by atoms with Crippen LogP contribution in [0.3, 0.4) is 0 Å². The first-order chi connectivity index (χ1) is 13.0. The summed E-state index contributed by atoms with van der Waals surface area (Å²) in [4.78, 5) is 16.1. The van der Waals surface area contributed by atoms with E-state index in [4.69, 9.17) is 9.47 Å². The molecule has 152 valence electrons. The molecule has 1 amide bonds. The lowest BCUT2D eigenvalue weighted by molar-refractivity contribution is -0.116. The number of carbonyl (C=O) groups excluding carboxylic acids is 1. The number of ether oxygens (including phenoxy) is 2. The van der Waals surface area contributed by atoms with Crippen molar-refractivity contribution in [2.24, 2.45) is 10.9 Å². The summed E-state index contributed by atoms with van der Waals surface area (Å²) in [6, 6.07) is 7.83. The molecule has 0 bridgehead atoms. The average Bonchev–Trinajstić information content (AvgIpc) is 2.63. The van der Waals surface area contributed by atoms with Crippen molar-refractivity contribution in [3.05, 3.63) is 29.8 Å². The number of nitrogens with zero attached hydrogens (tertiary/aromatic N) is 1. The van der Waals surface area contributed by atoms with Crippen LogP contribution in [0, 0.1) is 5.92 Å². The minimum atomic E-state index is 0.0419. The van der Waals surface area contributed by atoms with Gasteiger partial charge >= 0.3 is 0 Å². The third kappa shape index (κ3) is 11.2. The summed E-state index contributed by atoms with van der Waals surface area (Å²) in [5.41, 5.74) is 1.89. The number of methoxy groups -OCH3 is 1. The third-order valence-corrected chi connectivity index (χ3v) is 3.68. The summed E-state index contributed by atoms with van der Waals surface area (Å²) in [6.45, 7) is 7.39. The molecule has 1 rings (SSSR count). The van der Waals surface area contributed by atoms with Crippen molar-refractivity contribution in [2.75, 3.05) is 45.8 Å². The van der Waals surface area contributed by atoms with Crippen molar-refractivity contribution in [3.63, 3.8) is 0 Å². The van der Waals surface area contributed by atoms with Crippen molar-refractivity contribution >= 4 is 17.6 Å². The molecule has 0 unspecified atom stereocenters. The number of nitrogens with one attached hydrogen (secondary N) is 3. The van der Waals surface area contributed by atoms with Crippen LogP contribution in [0.5, 0.6) is 0 Å². The maximum absolute atomic E-state index is 11.9. The lowest BCUT2D eigenvalue weighted by Crippen LogP contribution is -2.37. The Bertz CT molecular complexity index is 576. The van der Waals surface area contributed by atoms with Crippen LogP contribution in [0.15, 0.2) is 29.3 Å². The number of amides is 1. The monoisotopic (exact) mass is 378 g/mol. The molecule has 0 aromatic heterocycles. The summed E-state index contributed by atoms with van der Waals surface area (Å²) in [5, 5.41) is 9.47. The second-order valence-electron chi connectivity index (χ2n) is 6.66. The number of carbonyl (C=O) groups is 1. The summed E-state index contributed by atoms with van der Waals surface area (Å²) in [6.07, 6.45) is 1.41. The van der Waals surface area contributed by atoms with Gasteiger partial charge in [-0.1, -0.05) is 26.0 Å². The Morgan fingerprint density at radius 3 is 2.70 bits per heavy atom. The van der Waals surface area contributed by atoms with Crippen molar-refractivity contribution in [3.8, 4) is 0 Å². The van der Waals surface area contributed by atoms with Gasteiger partial charge in [-0.25, -0.2) is 0 Å². The maximum atomic E-state index is 11.9. The molecule has 0 spiro atoms. The fraction of sp³-hybridized carbons (Fsp3) is 0.600. The fourth-order valence-electron chi connectivity index (χ4n) is 2.37. The Morgan fingerprint density at radius 2 is 2.00 bits per heavy atom. The van der Waals surface area contributed by atoms with E-state index in [0.717, 1.165) is 30.2 Å². The molecule has 1 aromatic carbocycles. The Morgan fingerprint density at radius 1 is 1.19 bits per heavy atom. The highest BCUT2D eigenvalue weighted by Gasteiger charge is 2.06. The van der Waals surface area contributed by atoms with Gasteiger partial charge in [0.15, 0.2) is 5.96 Å². The molecule has 0 radical (unpaired) electrons. The number of anilines is 1. The van der Waals surface area contributed by atoms with Gasteiger partial charge in [-0.05, 0) is 30.0 Å². The maximum Gasteiger partial charge on any atom is 0.224 e. The van der Waals surface area contributed by atoms with Gasteiger partial charge in [0.2, 0.25) is 5.91 Å². The second-order valence-corrected chi connectivity index (χ2v) is 6.66. The molecule has 0 aliphatic rings. The number of hydrogen-bond donors (Lipinski definition) is 3. The molecule has 27 heavy (non-hydrogen) atoms. The molecule has 0 aliphatic carbocycles. The predicted octanol–water partition coefficient (Wildman–Crippen LogP) is 2.39. The van der Waals surface area contributed by atoms with Gasteiger partial charge in [0.05, 0.1) is 13.2 Å². The average molecular weight is 379 g/mol. The van der Waals surface area contributed by atoms with Crippen LogP contribution in [0.25, 0.3) is 0 Å². The summed E-state index contributed by atoms with van der Waals surface area (Å²) < 4.78 is 10.4. The number of aliphatic imine (C=N–C) groups is 1. The quantitative estimate of drug-likeness (QED) is 0.295. The lowest BCUT2D eigenvalue weighted by Gasteiger charge is -2.13. The van der Waals surface area contributed by atoms with Crippen LogP contribution in [-0.2, 0) is 20.8 Å². The molecule has 7 heteroatoms. The van der Waals surface area contributed by atoms with Gasteiger partial charge in [-0.3, -0.25) is 9.79 Å². The van der Waals surface area contributed by atoms with Gasteiger partial charge in [0.1, 0.15) is 0 Å². The standard InChI is InChI=1S/C20H34N4O3/c1-16(2)13-19(25)24-18-8-5-7-17(14-18)15-23-20(21-3)22-9-6-10-27-12-11-26-4/h5,7-8,14,16H,6,9-13,15H2,1-4H3,(H,24,25)(H2,21,22,23). The molecule has 0 aliphatic heterocycles. The number of guanidine groups is 1. The van der Waals surface area contributed by atoms with E-state index in [0.29, 0.717) is 38.7 Å². The van der Waals surface area contributed by atoms with Gasteiger partial charge < -0.3 is 25.4 Å². The highest BCUT2D eigenvalue weighted by molar-refractivity contribution is 5.90. The molecule has 1 aromatic rings. The van der Waals surface area contributed by atoms with E-state index in [-0.39, 0.29) is 5.91 Å². The first-order valence-electron chi connectivity index (χ1n) is 9.45. The molecule has 0 saturated carbocycles. The SMILES string of the molecule is CN=C(NCCCOCCOC)NCc1cccc(NC(=O)CC(C)C)c1. The van der Waals surface area contributed by atoms with Crippen LogP contribution in [0.2, 0.25) is 0 Å². The molecule has 0 saturated heterocycles. The van der Waals surface area contributed by atoms with Gasteiger partial charge in [-0.2, -0.15) is 0 Å². The normalized spacial score (nSPS) is 11.5. The Kier molecular flexibility index (Phi) is 11.9. The van der Waals surface area contributed by atoms with Crippen LogP contribution in [0.1, 0.15) is 32.3 Å². The van der Waals surface area contributed by atoms with E-state index < -0.39 is 0 Å². The Hall–Kier alpha value is -2.12. The fourth-order valence-corrected chi connectivity index (χ4v) is 2.37. The molecule has 7 nitrogen and oxygen atoms in total. The second kappa shape index (κ2) is 14.0. The molecule has 3 N–H and O–H groups in total. The topological polar surface area (TPSA) is 84.0 Å². The molecule has 0 atom stereocenters. The molecular weight excluding hydrogens is 344 g/mol. The van der Waals surface area contributed by atoms with E-state index in [2.05, 4.69) is 20.9 Å². The molecular formula is C20H34N4O3. The Labute approximate surface area is 162 Å². The van der Waals surface area contributed by atoms with Crippen LogP contribution >= 0.6 is 0 Å². The van der Waals surface area contributed by atoms with E-state index in [9.17, 15) is 4.79 Å². The van der Waals surface area contributed by atoms with Crippen LogP contribution in [0.4, 0.5) is 5.69 Å². The van der Waals surface area contributed by atoms with Crippen molar-refractivity contribution < 1.29 is 14.3 Å². The van der Waals surface area contributed by atoms with Crippen molar-refractivity contribution in [2.45, 2.75) is 33.2 Å². The van der Waals surface area contributed by atoms with Gasteiger partial charge in [0, 0.05) is 46.0 Å².